The first-order valence-corrected chi connectivity index (χ1v) is 9.64. The Morgan fingerprint density at radius 3 is 2.42 bits per heavy atom. The zero-order valence-electron chi connectivity index (χ0n) is 17.0. The summed E-state index contributed by atoms with van der Waals surface area (Å²) in [5.41, 5.74) is 4.16. The molecule has 0 spiro atoms. The van der Waals surface area contributed by atoms with Gasteiger partial charge in [-0.25, -0.2) is 4.98 Å². The number of nitro groups is 1. The predicted molar refractivity (Wildman–Crippen MR) is 117 cm³/mol. The molecule has 0 saturated heterocycles. The molecule has 0 saturated carbocycles. The number of non-ortho nitro benzene ring substituents is 1. The number of aryl methyl sites for hydroxylation is 1. The lowest BCUT2D eigenvalue weighted by Gasteiger charge is -2.13. The highest BCUT2D eigenvalue weighted by molar-refractivity contribution is 6.11. The molecule has 31 heavy (non-hydrogen) atoms. The van der Waals surface area contributed by atoms with Crippen molar-refractivity contribution in [1.29, 1.82) is 5.26 Å². The number of carbonyl (C=O) groups is 1. The van der Waals surface area contributed by atoms with Crippen LogP contribution in [0, 0.1) is 28.4 Å². The molecular formula is C24H18N4O3. The van der Waals surface area contributed by atoms with E-state index in [-0.39, 0.29) is 11.5 Å². The van der Waals surface area contributed by atoms with Gasteiger partial charge in [-0.1, -0.05) is 30.3 Å². The molecule has 4 rings (SSSR count). The van der Waals surface area contributed by atoms with Crippen molar-refractivity contribution in [2.75, 3.05) is 0 Å². The van der Waals surface area contributed by atoms with Crippen LogP contribution in [0.1, 0.15) is 34.1 Å². The third kappa shape index (κ3) is 3.55. The van der Waals surface area contributed by atoms with Gasteiger partial charge >= 0.3 is 0 Å². The summed E-state index contributed by atoms with van der Waals surface area (Å²) in [6, 6.07) is 18.0. The molecule has 2 aromatic heterocycles. The van der Waals surface area contributed by atoms with E-state index in [4.69, 9.17) is 0 Å². The maximum absolute atomic E-state index is 12.5. The Labute approximate surface area is 178 Å². The van der Waals surface area contributed by atoms with E-state index < -0.39 is 4.92 Å². The monoisotopic (exact) mass is 410 g/mol. The van der Waals surface area contributed by atoms with E-state index in [9.17, 15) is 20.2 Å². The summed E-state index contributed by atoms with van der Waals surface area (Å²) in [6.45, 7) is 3.74. The van der Waals surface area contributed by atoms with Gasteiger partial charge in [0, 0.05) is 41.4 Å². The van der Waals surface area contributed by atoms with Crippen molar-refractivity contribution in [2.45, 2.75) is 20.4 Å². The van der Waals surface area contributed by atoms with Crippen LogP contribution in [-0.4, -0.2) is 20.3 Å². The topological polar surface area (TPSA) is 102 Å². The minimum atomic E-state index is -0.472. The lowest BCUT2D eigenvalue weighted by molar-refractivity contribution is -0.384. The number of hydrogen-bond donors (Lipinski definition) is 0. The molecule has 0 bridgehead atoms. The molecule has 0 aliphatic heterocycles. The van der Waals surface area contributed by atoms with E-state index in [0.717, 1.165) is 5.56 Å². The quantitative estimate of drug-likeness (QED) is 0.260. The second-order valence-corrected chi connectivity index (χ2v) is 7.27. The van der Waals surface area contributed by atoms with Gasteiger partial charge in [-0.3, -0.25) is 14.9 Å². The van der Waals surface area contributed by atoms with E-state index in [2.05, 4.69) is 11.1 Å². The molecule has 152 valence electrons. The second kappa shape index (κ2) is 7.84. The van der Waals surface area contributed by atoms with Crippen molar-refractivity contribution < 1.29 is 9.72 Å². The first-order valence-electron chi connectivity index (χ1n) is 9.64. The van der Waals surface area contributed by atoms with Crippen LogP contribution in [0.5, 0.6) is 0 Å². The molecule has 0 aliphatic rings. The molecule has 7 nitrogen and oxygen atoms in total. The maximum Gasteiger partial charge on any atom is 0.269 e. The highest BCUT2D eigenvalue weighted by Crippen LogP contribution is 2.37. The van der Waals surface area contributed by atoms with Crippen LogP contribution in [0.25, 0.3) is 22.2 Å². The molecule has 0 atom stereocenters. The van der Waals surface area contributed by atoms with Crippen molar-refractivity contribution in [1.82, 2.24) is 9.55 Å². The number of nitriles is 1. The zero-order valence-corrected chi connectivity index (χ0v) is 17.0. The van der Waals surface area contributed by atoms with Crippen molar-refractivity contribution in [2.24, 2.45) is 0 Å². The fraction of sp³-hybridized carbons (Fsp3) is 0.125. The average Bonchev–Trinajstić information content (AvgIpc) is 3.10. The standard InChI is InChI=1S/C24H18N4O3/c1-15-21(16(2)29)22(18-8-10-20(11-9-18)28(30)31)23-19(12-25)14-27(24(23)26-15)13-17-6-4-3-5-7-17/h3-11,14H,13H2,1-2H3. The maximum atomic E-state index is 12.5. The number of rotatable bonds is 5. The number of Topliss-reactive ketones (excluding diaryl/α,β-unsaturated/α-hetero) is 1. The second-order valence-electron chi connectivity index (χ2n) is 7.27. The number of aromatic nitrogens is 2. The largest absolute Gasteiger partial charge is 0.327 e. The lowest BCUT2D eigenvalue weighted by Crippen LogP contribution is -2.06. The van der Waals surface area contributed by atoms with Crippen LogP contribution in [0.4, 0.5) is 5.69 Å². The zero-order chi connectivity index (χ0) is 22.1. The van der Waals surface area contributed by atoms with Gasteiger partial charge in [-0.15, -0.1) is 0 Å². The van der Waals surface area contributed by atoms with Crippen LogP contribution in [0.15, 0.2) is 60.8 Å². The Bertz CT molecular complexity index is 1360. The number of ketones is 1. The number of nitro benzene ring substituents is 1. The van der Waals surface area contributed by atoms with Gasteiger partial charge in [0.05, 0.1) is 16.2 Å². The molecule has 0 aliphatic carbocycles. The minimum absolute atomic E-state index is 0.0442. The molecule has 7 heteroatoms. The SMILES string of the molecule is CC(=O)c1c(C)nc2c(c(C#N)cn2Cc2ccccc2)c1-c1ccc([N+](=O)[O-])cc1. The molecular weight excluding hydrogens is 392 g/mol. The molecule has 0 unspecified atom stereocenters. The highest BCUT2D eigenvalue weighted by Gasteiger charge is 2.23. The van der Waals surface area contributed by atoms with Gasteiger partial charge in [-0.2, -0.15) is 5.26 Å². The van der Waals surface area contributed by atoms with Crippen LogP contribution in [0.3, 0.4) is 0 Å². The summed E-state index contributed by atoms with van der Waals surface area (Å²) in [4.78, 5) is 27.8. The van der Waals surface area contributed by atoms with Gasteiger partial charge in [0.1, 0.15) is 11.7 Å². The van der Waals surface area contributed by atoms with Crippen LogP contribution < -0.4 is 0 Å². The summed E-state index contributed by atoms with van der Waals surface area (Å²) in [7, 11) is 0. The molecule has 2 heterocycles. The molecule has 0 amide bonds. The first-order chi connectivity index (χ1) is 14.9. The van der Waals surface area contributed by atoms with Gasteiger partial charge in [0.2, 0.25) is 0 Å². The Balaban J connectivity index is 2.03. The lowest BCUT2D eigenvalue weighted by atomic mass is 9.92. The van der Waals surface area contributed by atoms with E-state index >= 15 is 0 Å². The Kier molecular flexibility index (Phi) is 5.05. The van der Waals surface area contributed by atoms with Crippen LogP contribution >= 0.6 is 0 Å². The molecule has 0 radical (unpaired) electrons. The Morgan fingerprint density at radius 2 is 1.84 bits per heavy atom. The summed E-state index contributed by atoms with van der Waals surface area (Å²) in [6.07, 6.45) is 1.74. The fourth-order valence-corrected chi connectivity index (χ4v) is 3.89. The smallest absolute Gasteiger partial charge is 0.269 e. The Hall–Kier alpha value is -4.31. The van der Waals surface area contributed by atoms with Crippen molar-refractivity contribution in [3.05, 3.63) is 93.3 Å². The van der Waals surface area contributed by atoms with Gasteiger partial charge in [0.25, 0.3) is 5.69 Å². The number of carbonyl (C=O) groups excluding carboxylic acids is 1. The average molecular weight is 410 g/mol. The van der Waals surface area contributed by atoms with Crippen molar-refractivity contribution in [3.63, 3.8) is 0 Å². The summed E-state index contributed by atoms with van der Waals surface area (Å²) >= 11 is 0. The van der Waals surface area contributed by atoms with E-state index in [1.165, 1.54) is 19.1 Å². The summed E-state index contributed by atoms with van der Waals surface area (Å²) in [5.74, 6) is -0.181. The summed E-state index contributed by atoms with van der Waals surface area (Å²) in [5, 5.41) is 21.5. The first kappa shape index (κ1) is 20.0. The van der Waals surface area contributed by atoms with Gasteiger partial charge in [-0.05, 0) is 37.1 Å². The normalized spacial score (nSPS) is 10.7. The van der Waals surface area contributed by atoms with E-state index in [1.54, 1.807) is 25.3 Å². The van der Waals surface area contributed by atoms with E-state index in [0.29, 0.717) is 45.5 Å². The number of benzene rings is 2. The highest BCUT2D eigenvalue weighted by atomic mass is 16.6. The fourth-order valence-electron chi connectivity index (χ4n) is 3.89. The molecule has 2 aromatic carbocycles. The molecule has 0 fully saturated rings. The minimum Gasteiger partial charge on any atom is -0.327 e. The number of hydrogen-bond acceptors (Lipinski definition) is 5. The Morgan fingerprint density at radius 1 is 1.16 bits per heavy atom. The summed E-state index contributed by atoms with van der Waals surface area (Å²) < 4.78 is 1.90. The molecule has 0 N–H and O–H groups in total. The van der Waals surface area contributed by atoms with E-state index in [1.807, 2.05) is 34.9 Å². The van der Waals surface area contributed by atoms with Gasteiger partial charge in [0.15, 0.2) is 5.78 Å². The third-order valence-corrected chi connectivity index (χ3v) is 5.22. The number of fused-ring (bicyclic) bond motifs is 1. The molecule has 4 aromatic rings. The predicted octanol–water partition coefficient (Wildman–Crippen LogP) is 5.04. The van der Waals surface area contributed by atoms with Crippen LogP contribution in [-0.2, 0) is 6.54 Å². The van der Waals surface area contributed by atoms with Gasteiger partial charge < -0.3 is 4.57 Å². The third-order valence-electron chi connectivity index (χ3n) is 5.22. The van der Waals surface area contributed by atoms with Crippen LogP contribution in [0.2, 0.25) is 0 Å². The van der Waals surface area contributed by atoms with Crippen molar-refractivity contribution in [3.8, 4) is 17.2 Å². The number of nitrogens with zero attached hydrogens (tertiary/aromatic N) is 4. The van der Waals surface area contributed by atoms with Crippen molar-refractivity contribution >= 4 is 22.5 Å². The number of pyridine rings is 1.